The molecule has 1 rings (SSSR count). The summed E-state index contributed by atoms with van der Waals surface area (Å²) in [6.07, 6.45) is 1.01. The lowest BCUT2D eigenvalue weighted by atomic mass is 10.3. The van der Waals surface area contributed by atoms with Gasteiger partial charge in [0.25, 0.3) is 0 Å². The van der Waals surface area contributed by atoms with Crippen LogP contribution in [-0.4, -0.2) is 11.5 Å². The van der Waals surface area contributed by atoms with Gasteiger partial charge < -0.3 is 5.32 Å². The van der Waals surface area contributed by atoms with Gasteiger partial charge in [-0.1, -0.05) is 6.92 Å². The summed E-state index contributed by atoms with van der Waals surface area (Å²) in [5.41, 5.74) is 0.248. The Labute approximate surface area is 69.6 Å². The molecule has 1 aromatic rings. The van der Waals surface area contributed by atoms with Gasteiger partial charge in [-0.3, -0.25) is 4.98 Å². The zero-order chi connectivity index (χ0) is 8.97. The Hall–Kier alpha value is -1.03. The van der Waals surface area contributed by atoms with E-state index in [-0.39, 0.29) is 5.69 Å². The molecule has 0 aromatic carbocycles. The molecule has 0 fully saturated rings. The molecular formula is C8H10F2N2. The van der Waals surface area contributed by atoms with Crippen molar-refractivity contribution in [3.05, 3.63) is 29.6 Å². The minimum atomic E-state index is -0.646. The predicted molar refractivity (Wildman–Crippen MR) is 41.5 cm³/mol. The Kier molecular flexibility index (Phi) is 3.10. The second kappa shape index (κ2) is 4.11. The maximum Gasteiger partial charge on any atom is 0.148 e. The standard InChI is InChI=1S/C8H10F2N2/c1-2-11-5-8-7(10)3-6(9)4-12-8/h3-4,11H,2,5H2,1H3. The van der Waals surface area contributed by atoms with Crippen LogP contribution in [0, 0.1) is 11.6 Å². The number of rotatable bonds is 3. The fourth-order valence-corrected chi connectivity index (χ4v) is 0.816. The van der Waals surface area contributed by atoms with E-state index >= 15 is 0 Å². The summed E-state index contributed by atoms with van der Waals surface area (Å²) in [7, 11) is 0. The van der Waals surface area contributed by atoms with Crippen molar-refractivity contribution in [1.29, 1.82) is 0 Å². The van der Waals surface area contributed by atoms with Gasteiger partial charge in [-0.25, -0.2) is 8.78 Å². The minimum absolute atomic E-state index is 0.248. The molecule has 0 amide bonds. The molecule has 0 spiro atoms. The van der Waals surface area contributed by atoms with E-state index in [4.69, 9.17) is 0 Å². The third-order valence-corrected chi connectivity index (χ3v) is 1.43. The average molecular weight is 172 g/mol. The van der Waals surface area contributed by atoms with Crippen LogP contribution in [0.2, 0.25) is 0 Å². The van der Waals surface area contributed by atoms with Crippen LogP contribution in [0.15, 0.2) is 12.3 Å². The van der Waals surface area contributed by atoms with E-state index in [0.717, 1.165) is 18.8 Å². The summed E-state index contributed by atoms with van der Waals surface area (Å²) >= 11 is 0. The molecular weight excluding hydrogens is 162 g/mol. The molecule has 0 atom stereocenters. The number of halogens is 2. The van der Waals surface area contributed by atoms with Crippen LogP contribution in [0.25, 0.3) is 0 Å². The molecule has 0 aliphatic rings. The first kappa shape index (κ1) is 9.06. The third-order valence-electron chi connectivity index (χ3n) is 1.43. The van der Waals surface area contributed by atoms with Crippen molar-refractivity contribution in [3.8, 4) is 0 Å². The summed E-state index contributed by atoms with van der Waals surface area (Å²) in [5, 5.41) is 2.90. The molecule has 0 saturated heterocycles. The molecule has 0 bridgehead atoms. The maximum atomic E-state index is 12.8. The molecule has 0 aliphatic heterocycles. The molecule has 4 heteroatoms. The van der Waals surface area contributed by atoms with Crippen LogP contribution < -0.4 is 5.32 Å². The van der Waals surface area contributed by atoms with Crippen LogP contribution in [-0.2, 0) is 6.54 Å². The van der Waals surface area contributed by atoms with E-state index in [2.05, 4.69) is 10.3 Å². The minimum Gasteiger partial charge on any atom is -0.311 e. The van der Waals surface area contributed by atoms with Crippen LogP contribution >= 0.6 is 0 Å². The number of hydrogen-bond donors (Lipinski definition) is 1. The lowest BCUT2D eigenvalue weighted by Gasteiger charge is -2.01. The maximum absolute atomic E-state index is 12.8. The largest absolute Gasteiger partial charge is 0.311 e. The molecule has 0 aliphatic carbocycles. The Bertz CT molecular complexity index is 263. The van der Waals surface area contributed by atoms with Crippen molar-refractivity contribution in [1.82, 2.24) is 10.3 Å². The summed E-state index contributed by atoms with van der Waals surface area (Å²) in [4.78, 5) is 3.60. The van der Waals surface area contributed by atoms with Crippen LogP contribution in [0.4, 0.5) is 8.78 Å². The summed E-state index contributed by atoms with van der Waals surface area (Å²) in [6.45, 7) is 2.97. The van der Waals surface area contributed by atoms with E-state index in [9.17, 15) is 8.78 Å². The van der Waals surface area contributed by atoms with E-state index < -0.39 is 11.6 Å². The van der Waals surface area contributed by atoms with Gasteiger partial charge >= 0.3 is 0 Å². The van der Waals surface area contributed by atoms with Crippen molar-refractivity contribution in [2.24, 2.45) is 0 Å². The summed E-state index contributed by atoms with van der Waals surface area (Å²) in [6, 6.07) is 0.833. The van der Waals surface area contributed by atoms with Crippen LogP contribution in [0.1, 0.15) is 12.6 Å². The number of nitrogens with zero attached hydrogens (tertiary/aromatic N) is 1. The molecule has 2 nitrogen and oxygen atoms in total. The SMILES string of the molecule is CCNCc1ncc(F)cc1F. The highest BCUT2D eigenvalue weighted by atomic mass is 19.1. The van der Waals surface area contributed by atoms with Crippen molar-refractivity contribution in [2.45, 2.75) is 13.5 Å². The monoisotopic (exact) mass is 172 g/mol. The van der Waals surface area contributed by atoms with E-state index in [1.165, 1.54) is 0 Å². The van der Waals surface area contributed by atoms with E-state index in [0.29, 0.717) is 6.54 Å². The molecule has 1 N–H and O–H groups in total. The fourth-order valence-electron chi connectivity index (χ4n) is 0.816. The van der Waals surface area contributed by atoms with Crippen molar-refractivity contribution in [2.75, 3.05) is 6.54 Å². The zero-order valence-corrected chi connectivity index (χ0v) is 6.77. The van der Waals surface area contributed by atoms with Crippen molar-refractivity contribution < 1.29 is 8.78 Å². The Morgan fingerprint density at radius 1 is 1.50 bits per heavy atom. The number of aromatic nitrogens is 1. The van der Waals surface area contributed by atoms with Gasteiger partial charge in [0.1, 0.15) is 11.6 Å². The van der Waals surface area contributed by atoms with Crippen molar-refractivity contribution in [3.63, 3.8) is 0 Å². The lowest BCUT2D eigenvalue weighted by Crippen LogP contribution is -2.14. The smallest absolute Gasteiger partial charge is 0.148 e. The van der Waals surface area contributed by atoms with Gasteiger partial charge in [0.2, 0.25) is 0 Å². The first-order chi connectivity index (χ1) is 5.74. The van der Waals surface area contributed by atoms with Gasteiger partial charge in [-0.05, 0) is 6.54 Å². The number of hydrogen-bond acceptors (Lipinski definition) is 2. The lowest BCUT2D eigenvalue weighted by molar-refractivity contribution is 0.547. The van der Waals surface area contributed by atoms with E-state index in [1.807, 2.05) is 6.92 Å². The average Bonchev–Trinajstić information content (AvgIpc) is 2.03. The summed E-state index contributed by atoms with van der Waals surface area (Å²) < 4.78 is 25.2. The number of pyridine rings is 1. The van der Waals surface area contributed by atoms with Gasteiger partial charge in [-0.2, -0.15) is 0 Å². The highest BCUT2D eigenvalue weighted by molar-refractivity contribution is 5.08. The Morgan fingerprint density at radius 2 is 2.25 bits per heavy atom. The highest BCUT2D eigenvalue weighted by Crippen LogP contribution is 2.04. The van der Waals surface area contributed by atoms with Gasteiger partial charge in [-0.15, -0.1) is 0 Å². The van der Waals surface area contributed by atoms with Crippen LogP contribution in [0.3, 0.4) is 0 Å². The normalized spacial score (nSPS) is 10.2. The quantitative estimate of drug-likeness (QED) is 0.746. The van der Waals surface area contributed by atoms with Gasteiger partial charge in [0, 0.05) is 12.6 Å². The van der Waals surface area contributed by atoms with Crippen LogP contribution in [0.5, 0.6) is 0 Å². The molecule has 66 valence electrons. The zero-order valence-electron chi connectivity index (χ0n) is 6.77. The fraction of sp³-hybridized carbons (Fsp3) is 0.375. The molecule has 1 aromatic heterocycles. The molecule has 0 unspecified atom stereocenters. The number of nitrogens with one attached hydrogen (secondary N) is 1. The van der Waals surface area contributed by atoms with E-state index in [1.54, 1.807) is 0 Å². The second-order valence-corrected chi connectivity index (χ2v) is 2.36. The second-order valence-electron chi connectivity index (χ2n) is 2.36. The van der Waals surface area contributed by atoms with Crippen molar-refractivity contribution >= 4 is 0 Å². The predicted octanol–water partition coefficient (Wildman–Crippen LogP) is 1.47. The molecule has 1 heterocycles. The summed E-state index contributed by atoms with van der Waals surface area (Å²) in [5.74, 6) is -1.25. The molecule has 0 radical (unpaired) electrons. The molecule has 0 saturated carbocycles. The Morgan fingerprint density at radius 3 is 2.83 bits per heavy atom. The van der Waals surface area contributed by atoms with Gasteiger partial charge in [0.15, 0.2) is 0 Å². The topological polar surface area (TPSA) is 24.9 Å². The molecule has 12 heavy (non-hydrogen) atoms. The Balaban J connectivity index is 2.72. The third kappa shape index (κ3) is 2.23. The van der Waals surface area contributed by atoms with Gasteiger partial charge in [0.05, 0.1) is 11.9 Å². The first-order valence-electron chi connectivity index (χ1n) is 3.74. The first-order valence-corrected chi connectivity index (χ1v) is 3.74. The highest BCUT2D eigenvalue weighted by Gasteiger charge is 2.03.